The molecule has 6 heteroatoms. The molecule has 2 rings (SSSR count). The second-order valence-corrected chi connectivity index (χ2v) is 7.24. The Morgan fingerprint density at radius 1 is 1.09 bits per heavy atom. The third-order valence-electron chi connectivity index (χ3n) is 3.09. The lowest BCUT2D eigenvalue weighted by Crippen LogP contribution is -2.14. The summed E-state index contributed by atoms with van der Waals surface area (Å²) in [5.74, 6) is -0.573. The van der Waals surface area contributed by atoms with E-state index >= 15 is 0 Å². The number of carbonyl (C=O) groups is 1. The molecule has 0 fully saturated rings. The van der Waals surface area contributed by atoms with Gasteiger partial charge in [0.05, 0.1) is 17.5 Å². The number of aryl methyl sites for hydroxylation is 2. The zero-order valence-corrected chi connectivity index (χ0v) is 14.1. The van der Waals surface area contributed by atoms with Gasteiger partial charge in [0.25, 0.3) is 0 Å². The van der Waals surface area contributed by atoms with Crippen LogP contribution in [-0.4, -0.2) is 20.6 Å². The molecule has 2 aromatic rings. The predicted molar refractivity (Wildman–Crippen MR) is 89.9 cm³/mol. The number of esters is 1. The van der Waals surface area contributed by atoms with Crippen molar-refractivity contribution >= 4 is 21.7 Å². The maximum atomic E-state index is 12.2. The van der Waals surface area contributed by atoms with Crippen LogP contribution in [0.2, 0.25) is 0 Å². The first-order valence-corrected chi connectivity index (χ1v) is 8.95. The molecule has 0 bridgehead atoms. The molecule has 0 aliphatic rings. The van der Waals surface area contributed by atoms with E-state index in [0.29, 0.717) is 0 Å². The minimum Gasteiger partial charge on any atom is -0.457 e. The highest BCUT2D eigenvalue weighted by Gasteiger charge is 2.15. The van der Waals surface area contributed by atoms with Gasteiger partial charge in [-0.2, -0.15) is 0 Å². The van der Waals surface area contributed by atoms with Crippen LogP contribution < -0.4 is 4.72 Å². The summed E-state index contributed by atoms with van der Waals surface area (Å²) in [6, 6.07) is 12.3. The van der Waals surface area contributed by atoms with E-state index in [4.69, 9.17) is 4.74 Å². The van der Waals surface area contributed by atoms with Crippen molar-refractivity contribution < 1.29 is 17.9 Å². The number of hydrogen-bond acceptors (Lipinski definition) is 4. The van der Waals surface area contributed by atoms with Crippen LogP contribution in [-0.2, 0) is 21.4 Å². The maximum Gasteiger partial charge on any atom is 0.340 e. The average molecular weight is 333 g/mol. The second-order valence-electron chi connectivity index (χ2n) is 5.49. The molecule has 0 amide bonds. The number of rotatable bonds is 5. The molecule has 0 radical (unpaired) electrons. The Kier molecular flexibility index (Phi) is 5.05. The molecule has 2 aromatic carbocycles. The van der Waals surface area contributed by atoms with E-state index in [1.165, 1.54) is 12.1 Å². The fourth-order valence-electron chi connectivity index (χ4n) is 2.33. The molecule has 122 valence electrons. The molecule has 0 unspecified atom stereocenters. The lowest BCUT2D eigenvalue weighted by molar-refractivity contribution is 0.0474. The van der Waals surface area contributed by atoms with Crippen LogP contribution in [0.25, 0.3) is 0 Å². The predicted octanol–water partition coefficient (Wildman–Crippen LogP) is 3.03. The molecule has 0 saturated carbocycles. The summed E-state index contributed by atoms with van der Waals surface area (Å²) < 4.78 is 30.4. The smallest absolute Gasteiger partial charge is 0.340 e. The zero-order valence-electron chi connectivity index (χ0n) is 13.3. The largest absolute Gasteiger partial charge is 0.457 e. The fourth-order valence-corrected chi connectivity index (χ4v) is 2.91. The molecule has 0 atom stereocenters. The van der Waals surface area contributed by atoms with Gasteiger partial charge in [0.1, 0.15) is 6.61 Å². The van der Waals surface area contributed by atoms with Gasteiger partial charge in [0.2, 0.25) is 10.0 Å². The molecular formula is C17H19NO4S. The van der Waals surface area contributed by atoms with E-state index in [9.17, 15) is 13.2 Å². The van der Waals surface area contributed by atoms with Gasteiger partial charge >= 0.3 is 5.97 Å². The Morgan fingerprint density at radius 3 is 2.30 bits per heavy atom. The van der Waals surface area contributed by atoms with Crippen molar-refractivity contribution in [2.24, 2.45) is 0 Å². The van der Waals surface area contributed by atoms with Crippen LogP contribution in [0.4, 0.5) is 5.69 Å². The fraction of sp³-hybridized carbons (Fsp3) is 0.235. The van der Waals surface area contributed by atoms with E-state index < -0.39 is 16.0 Å². The molecular weight excluding hydrogens is 314 g/mol. The lowest BCUT2D eigenvalue weighted by Gasteiger charge is -2.11. The maximum absolute atomic E-state index is 12.2. The van der Waals surface area contributed by atoms with Crippen molar-refractivity contribution in [2.45, 2.75) is 20.5 Å². The summed E-state index contributed by atoms with van der Waals surface area (Å²) in [7, 11) is -3.47. The highest BCUT2D eigenvalue weighted by molar-refractivity contribution is 7.92. The third-order valence-corrected chi connectivity index (χ3v) is 3.68. The summed E-state index contributed by atoms with van der Waals surface area (Å²) >= 11 is 0. The van der Waals surface area contributed by atoms with E-state index in [2.05, 4.69) is 4.72 Å². The molecule has 5 nitrogen and oxygen atoms in total. The number of sulfonamides is 1. The standard InChI is InChI=1S/C17H19NO4S/c1-12-8-13(2)10-14(9-12)11-22-17(19)15-6-4-5-7-16(15)18-23(3,20)21/h4-10,18H,11H2,1-3H3. The second kappa shape index (κ2) is 6.83. The van der Waals surface area contributed by atoms with Crippen molar-refractivity contribution in [3.63, 3.8) is 0 Å². The van der Waals surface area contributed by atoms with Crippen molar-refractivity contribution in [3.05, 3.63) is 64.7 Å². The number of benzene rings is 2. The normalized spacial score (nSPS) is 11.1. The molecule has 23 heavy (non-hydrogen) atoms. The first kappa shape index (κ1) is 17.0. The summed E-state index contributed by atoms with van der Waals surface area (Å²) in [6.07, 6.45) is 1.03. The Morgan fingerprint density at radius 2 is 1.70 bits per heavy atom. The van der Waals surface area contributed by atoms with Gasteiger partial charge < -0.3 is 4.74 Å². The van der Waals surface area contributed by atoms with Crippen molar-refractivity contribution in [1.29, 1.82) is 0 Å². The quantitative estimate of drug-likeness (QED) is 0.854. The SMILES string of the molecule is Cc1cc(C)cc(COC(=O)c2ccccc2NS(C)(=O)=O)c1. The number of nitrogens with one attached hydrogen (secondary N) is 1. The number of hydrogen-bond donors (Lipinski definition) is 1. The van der Waals surface area contributed by atoms with Gasteiger partial charge in [0, 0.05) is 0 Å². The van der Waals surface area contributed by atoms with E-state index in [1.54, 1.807) is 12.1 Å². The van der Waals surface area contributed by atoms with E-state index in [1.807, 2.05) is 32.0 Å². The van der Waals surface area contributed by atoms with Crippen LogP contribution >= 0.6 is 0 Å². The molecule has 0 spiro atoms. The third kappa shape index (κ3) is 5.10. The van der Waals surface area contributed by atoms with Crippen LogP contribution in [0.1, 0.15) is 27.0 Å². The van der Waals surface area contributed by atoms with Gasteiger partial charge in [0.15, 0.2) is 0 Å². The minimum atomic E-state index is -3.47. The minimum absolute atomic E-state index is 0.133. The zero-order chi connectivity index (χ0) is 17.0. The van der Waals surface area contributed by atoms with E-state index in [0.717, 1.165) is 22.9 Å². The van der Waals surface area contributed by atoms with Gasteiger partial charge in [-0.15, -0.1) is 0 Å². The van der Waals surface area contributed by atoms with E-state index in [-0.39, 0.29) is 17.9 Å². The first-order valence-electron chi connectivity index (χ1n) is 7.06. The highest BCUT2D eigenvalue weighted by Crippen LogP contribution is 2.18. The van der Waals surface area contributed by atoms with Crippen LogP contribution in [0.5, 0.6) is 0 Å². The molecule has 1 N–H and O–H groups in total. The summed E-state index contributed by atoms with van der Waals surface area (Å²) in [5.41, 5.74) is 3.47. The molecule has 0 heterocycles. The highest BCUT2D eigenvalue weighted by atomic mass is 32.2. The Bertz CT molecular complexity index is 808. The van der Waals surface area contributed by atoms with Crippen molar-refractivity contribution in [3.8, 4) is 0 Å². The summed E-state index contributed by atoms with van der Waals surface area (Å²) in [6.45, 7) is 4.09. The first-order chi connectivity index (χ1) is 10.7. The molecule has 0 aliphatic carbocycles. The Balaban J connectivity index is 2.15. The average Bonchev–Trinajstić information content (AvgIpc) is 2.42. The summed E-state index contributed by atoms with van der Waals surface area (Å²) in [5, 5.41) is 0. The van der Waals surface area contributed by atoms with Crippen LogP contribution in [0.3, 0.4) is 0 Å². The van der Waals surface area contributed by atoms with Crippen molar-refractivity contribution in [2.75, 3.05) is 11.0 Å². The van der Waals surface area contributed by atoms with Gasteiger partial charge in [-0.3, -0.25) is 4.72 Å². The number of carbonyl (C=O) groups excluding carboxylic acids is 1. The topological polar surface area (TPSA) is 72.5 Å². The Labute approximate surface area is 136 Å². The molecule has 0 aliphatic heterocycles. The monoisotopic (exact) mass is 333 g/mol. The van der Waals surface area contributed by atoms with Crippen molar-refractivity contribution in [1.82, 2.24) is 0 Å². The van der Waals surface area contributed by atoms with Crippen LogP contribution in [0.15, 0.2) is 42.5 Å². The lowest BCUT2D eigenvalue weighted by atomic mass is 10.1. The number of anilines is 1. The molecule has 0 saturated heterocycles. The van der Waals surface area contributed by atoms with Gasteiger partial charge in [-0.05, 0) is 31.5 Å². The Hall–Kier alpha value is -2.34. The summed E-state index contributed by atoms with van der Waals surface area (Å²) in [4.78, 5) is 12.2. The number of ether oxygens (including phenoxy) is 1. The van der Waals surface area contributed by atoms with Crippen LogP contribution in [0, 0.1) is 13.8 Å². The number of para-hydroxylation sites is 1. The van der Waals surface area contributed by atoms with Gasteiger partial charge in [-0.25, -0.2) is 13.2 Å². The van der Waals surface area contributed by atoms with Gasteiger partial charge in [-0.1, -0.05) is 41.5 Å². The molecule has 0 aromatic heterocycles.